The van der Waals surface area contributed by atoms with Crippen LogP contribution in [0.2, 0.25) is 0 Å². The monoisotopic (exact) mass is 529 g/mol. The van der Waals surface area contributed by atoms with Crippen LogP contribution in [0, 0.1) is 23.5 Å². The number of piperidine rings is 1. The second-order valence-corrected chi connectivity index (χ2v) is 10.8. The number of halogens is 2. The van der Waals surface area contributed by atoms with Crippen LogP contribution in [-0.4, -0.2) is 53.5 Å². The Labute approximate surface area is 220 Å². The smallest absolute Gasteiger partial charge is 0.303 e. The Kier molecular flexibility index (Phi) is 9.34. The summed E-state index contributed by atoms with van der Waals surface area (Å²) in [6.07, 6.45) is 4.38. The van der Waals surface area contributed by atoms with Gasteiger partial charge in [0.15, 0.2) is 0 Å². The van der Waals surface area contributed by atoms with E-state index in [1.54, 1.807) is 13.3 Å². The SMILES string of the molecule is COc1ccc2nccc([C@H](N)CC[C@@H]3CCN(CCSc4cc(F)cc(F)c4)C[C@@H]3CC(=O)O)c2c1. The van der Waals surface area contributed by atoms with Crippen LogP contribution in [0.4, 0.5) is 8.78 Å². The summed E-state index contributed by atoms with van der Waals surface area (Å²) < 4.78 is 32.2. The van der Waals surface area contributed by atoms with Gasteiger partial charge in [-0.05, 0) is 79.6 Å². The predicted octanol–water partition coefficient (Wildman–Crippen LogP) is 5.51. The van der Waals surface area contributed by atoms with E-state index >= 15 is 0 Å². The third kappa shape index (κ3) is 7.40. The van der Waals surface area contributed by atoms with Crippen LogP contribution in [-0.2, 0) is 4.79 Å². The molecule has 1 aliphatic heterocycles. The van der Waals surface area contributed by atoms with Crippen molar-refractivity contribution in [1.29, 1.82) is 0 Å². The second kappa shape index (κ2) is 12.7. The molecule has 2 heterocycles. The van der Waals surface area contributed by atoms with Crippen LogP contribution < -0.4 is 10.5 Å². The normalized spacial score (nSPS) is 19.1. The van der Waals surface area contributed by atoms with Crippen molar-refractivity contribution in [3.63, 3.8) is 0 Å². The molecule has 1 fully saturated rings. The first-order valence-electron chi connectivity index (χ1n) is 12.5. The van der Waals surface area contributed by atoms with Gasteiger partial charge in [0.2, 0.25) is 0 Å². The lowest BCUT2D eigenvalue weighted by Gasteiger charge is -2.38. The number of carbonyl (C=O) groups is 1. The fraction of sp³-hybridized carbons (Fsp3) is 0.429. The Morgan fingerprint density at radius 2 is 2.00 bits per heavy atom. The van der Waals surface area contributed by atoms with E-state index in [1.165, 1.54) is 23.9 Å². The molecular weight excluding hydrogens is 496 g/mol. The number of carboxylic acids is 1. The molecule has 0 bridgehead atoms. The van der Waals surface area contributed by atoms with Gasteiger partial charge in [0.25, 0.3) is 0 Å². The second-order valence-electron chi connectivity index (χ2n) is 9.63. The molecule has 0 amide bonds. The van der Waals surface area contributed by atoms with E-state index in [0.717, 1.165) is 60.6 Å². The summed E-state index contributed by atoms with van der Waals surface area (Å²) in [5, 5.41) is 10.5. The standard InChI is InChI=1S/C28H33F2N3O3S/c1-36-22-3-5-27-25(16-22)24(6-8-32-27)26(31)4-2-18-7-9-33(17-19(18)12-28(34)35)10-11-37-23-14-20(29)13-21(30)15-23/h3,5-6,8,13-16,18-19,26H,2,4,7,9-12,17,31H2,1H3,(H,34,35)/t18-,19+,26-/m1/s1. The summed E-state index contributed by atoms with van der Waals surface area (Å²) in [5.41, 5.74) is 8.52. The molecule has 0 radical (unpaired) electrons. The van der Waals surface area contributed by atoms with Gasteiger partial charge in [0.05, 0.1) is 12.6 Å². The van der Waals surface area contributed by atoms with Gasteiger partial charge >= 0.3 is 5.97 Å². The number of carboxylic acid groups (broad SMARTS) is 1. The average Bonchev–Trinajstić information content (AvgIpc) is 2.86. The Hall–Kier alpha value is -2.75. The zero-order chi connectivity index (χ0) is 26.4. The molecule has 3 N–H and O–H groups in total. The molecular formula is C28H33F2N3O3S. The first-order valence-corrected chi connectivity index (χ1v) is 13.5. The predicted molar refractivity (Wildman–Crippen MR) is 142 cm³/mol. The third-order valence-corrected chi connectivity index (χ3v) is 8.11. The number of aromatic nitrogens is 1. The highest BCUT2D eigenvalue weighted by atomic mass is 32.2. The van der Waals surface area contributed by atoms with Crippen LogP contribution in [0.3, 0.4) is 0 Å². The number of rotatable bonds is 11. The number of methoxy groups -OCH3 is 1. The molecule has 0 saturated carbocycles. The number of benzene rings is 2. The number of fused-ring (bicyclic) bond motifs is 1. The maximum atomic E-state index is 13.4. The summed E-state index contributed by atoms with van der Waals surface area (Å²) in [5.74, 6) is -0.225. The molecule has 9 heteroatoms. The summed E-state index contributed by atoms with van der Waals surface area (Å²) >= 11 is 1.41. The van der Waals surface area contributed by atoms with Crippen LogP contribution in [0.15, 0.2) is 53.6 Å². The molecule has 3 atom stereocenters. The Morgan fingerprint density at radius 3 is 2.73 bits per heavy atom. The topological polar surface area (TPSA) is 88.7 Å². The number of likely N-dealkylation sites (tertiary alicyclic amines) is 1. The maximum absolute atomic E-state index is 13.4. The van der Waals surface area contributed by atoms with Gasteiger partial charge in [0, 0.05) is 53.8 Å². The van der Waals surface area contributed by atoms with E-state index in [4.69, 9.17) is 10.5 Å². The first-order chi connectivity index (χ1) is 17.8. The van der Waals surface area contributed by atoms with E-state index < -0.39 is 17.6 Å². The Morgan fingerprint density at radius 1 is 1.22 bits per heavy atom. The minimum absolute atomic E-state index is 0.0318. The Bertz CT molecular complexity index is 1210. The molecule has 1 saturated heterocycles. The molecule has 3 aromatic rings. The summed E-state index contributed by atoms with van der Waals surface area (Å²) in [6.45, 7) is 2.29. The van der Waals surface area contributed by atoms with Crippen molar-refractivity contribution in [2.75, 3.05) is 32.5 Å². The largest absolute Gasteiger partial charge is 0.497 e. The molecule has 0 unspecified atom stereocenters. The quantitative estimate of drug-likeness (QED) is 0.317. The van der Waals surface area contributed by atoms with Crippen molar-refractivity contribution in [1.82, 2.24) is 9.88 Å². The van der Waals surface area contributed by atoms with Gasteiger partial charge in [-0.25, -0.2) is 8.78 Å². The molecule has 4 rings (SSSR count). The zero-order valence-corrected chi connectivity index (χ0v) is 21.7. The van der Waals surface area contributed by atoms with Gasteiger partial charge in [-0.1, -0.05) is 0 Å². The molecule has 0 aliphatic carbocycles. The molecule has 198 valence electrons. The highest BCUT2D eigenvalue weighted by molar-refractivity contribution is 7.99. The number of nitrogens with zero attached hydrogens (tertiary/aromatic N) is 2. The van der Waals surface area contributed by atoms with Crippen LogP contribution in [0.25, 0.3) is 10.9 Å². The van der Waals surface area contributed by atoms with Crippen molar-refractivity contribution in [3.8, 4) is 5.75 Å². The minimum Gasteiger partial charge on any atom is -0.497 e. The summed E-state index contributed by atoms with van der Waals surface area (Å²) in [4.78, 5) is 18.9. The molecule has 1 aliphatic rings. The molecule has 6 nitrogen and oxygen atoms in total. The average molecular weight is 530 g/mol. The van der Waals surface area contributed by atoms with E-state index in [0.29, 0.717) is 17.2 Å². The third-order valence-electron chi connectivity index (χ3n) is 7.15. The number of pyridine rings is 1. The number of ether oxygens (including phenoxy) is 1. The van der Waals surface area contributed by atoms with E-state index in [1.807, 2.05) is 24.3 Å². The van der Waals surface area contributed by atoms with Crippen molar-refractivity contribution in [2.24, 2.45) is 17.6 Å². The number of aliphatic carboxylic acids is 1. The lowest BCUT2D eigenvalue weighted by molar-refractivity contribution is -0.139. The summed E-state index contributed by atoms with van der Waals surface area (Å²) in [6, 6.07) is 11.0. The van der Waals surface area contributed by atoms with Crippen LogP contribution in [0.5, 0.6) is 5.75 Å². The highest BCUT2D eigenvalue weighted by Crippen LogP contribution is 2.34. The number of nitrogens with two attached hydrogens (primary N) is 1. The summed E-state index contributed by atoms with van der Waals surface area (Å²) in [7, 11) is 1.63. The van der Waals surface area contributed by atoms with Crippen molar-refractivity contribution >= 4 is 28.6 Å². The van der Waals surface area contributed by atoms with Crippen LogP contribution in [0.1, 0.15) is 37.3 Å². The fourth-order valence-corrected chi connectivity index (χ4v) is 6.22. The molecule has 2 aromatic carbocycles. The number of thioether (sulfide) groups is 1. The van der Waals surface area contributed by atoms with Crippen molar-refractivity contribution in [3.05, 3.63) is 65.9 Å². The number of hydrogen-bond donors (Lipinski definition) is 2. The highest BCUT2D eigenvalue weighted by Gasteiger charge is 2.31. The minimum atomic E-state index is -0.794. The van der Waals surface area contributed by atoms with Gasteiger partial charge in [0.1, 0.15) is 17.4 Å². The van der Waals surface area contributed by atoms with Crippen molar-refractivity contribution in [2.45, 2.75) is 36.6 Å². The van der Waals surface area contributed by atoms with Gasteiger partial charge in [-0.3, -0.25) is 9.78 Å². The van der Waals surface area contributed by atoms with E-state index in [-0.39, 0.29) is 24.3 Å². The van der Waals surface area contributed by atoms with Gasteiger partial charge < -0.3 is 20.5 Å². The fourth-order valence-electron chi connectivity index (χ4n) is 5.25. The molecule has 1 aromatic heterocycles. The van der Waals surface area contributed by atoms with E-state index in [9.17, 15) is 18.7 Å². The maximum Gasteiger partial charge on any atom is 0.303 e. The Balaban J connectivity index is 1.34. The van der Waals surface area contributed by atoms with Gasteiger partial charge in [-0.15, -0.1) is 11.8 Å². The first kappa shape index (κ1) is 27.3. The van der Waals surface area contributed by atoms with Crippen LogP contribution >= 0.6 is 11.8 Å². The lowest BCUT2D eigenvalue weighted by Crippen LogP contribution is -2.42. The number of hydrogen-bond acceptors (Lipinski definition) is 6. The van der Waals surface area contributed by atoms with E-state index in [2.05, 4.69) is 9.88 Å². The lowest BCUT2D eigenvalue weighted by atomic mass is 9.79. The zero-order valence-electron chi connectivity index (χ0n) is 20.9. The molecule has 0 spiro atoms. The van der Waals surface area contributed by atoms with Crippen molar-refractivity contribution < 1.29 is 23.4 Å². The molecule has 37 heavy (non-hydrogen) atoms. The van der Waals surface area contributed by atoms with Gasteiger partial charge in [-0.2, -0.15) is 0 Å².